The minimum Gasteiger partial charge on any atom is -0.496 e. The normalized spacial score (nSPS) is 10.7. The van der Waals surface area contributed by atoms with Crippen molar-refractivity contribution in [3.8, 4) is 11.6 Å². The Morgan fingerprint density at radius 2 is 2.13 bits per heavy atom. The second kappa shape index (κ2) is 7.21. The van der Waals surface area contributed by atoms with Crippen LogP contribution in [0.2, 0.25) is 5.02 Å². The lowest BCUT2D eigenvalue weighted by Crippen LogP contribution is -2.13. The number of halogens is 1. The summed E-state index contributed by atoms with van der Waals surface area (Å²) in [6.07, 6.45) is 4.92. The van der Waals surface area contributed by atoms with Crippen molar-refractivity contribution in [2.45, 2.75) is 13.1 Å². The molecule has 0 unspecified atom stereocenters. The van der Waals surface area contributed by atoms with Gasteiger partial charge in [0.1, 0.15) is 18.4 Å². The zero-order valence-electron chi connectivity index (χ0n) is 12.6. The van der Waals surface area contributed by atoms with Crippen molar-refractivity contribution in [1.29, 1.82) is 0 Å². The lowest BCUT2D eigenvalue weighted by atomic mass is 10.2. The fourth-order valence-electron chi connectivity index (χ4n) is 2.21. The van der Waals surface area contributed by atoms with Crippen molar-refractivity contribution < 1.29 is 4.74 Å². The number of benzene rings is 1. The molecule has 0 saturated carbocycles. The summed E-state index contributed by atoms with van der Waals surface area (Å²) < 4.78 is 6.95. The highest BCUT2D eigenvalue weighted by molar-refractivity contribution is 6.30. The third-order valence-electron chi connectivity index (χ3n) is 3.35. The molecular weight excluding hydrogens is 314 g/mol. The van der Waals surface area contributed by atoms with Crippen molar-refractivity contribution in [1.82, 2.24) is 25.1 Å². The van der Waals surface area contributed by atoms with Crippen molar-refractivity contribution in [3.63, 3.8) is 0 Å². The van der Waals surface area contributed by atoms with E-state index in [0.717, 1.165) is 22.7 Å². The van der Waals surface area contributed by atoms with Gasteiger partial charge in [-0.15, -0.1) is 0 Å². The molecule has 118 valence electrons. The highest BCUT2D eigenvalue weighted by atomic mass is 35.5. The van der Waals surface area contributed by atoms with E-state index in [1.807, 2.05) is 36.5 Å². The maximum Gasteiger partial charge on any atom is 0.155 e. The number of rotatable bonds is 6. The smallest absolute Gasteiger partial charge is 0.155 e. The molecule has 0 atom stereocenters. The Kier molecular flexibility index (Phi) is 4.85. The molecule has 0 saturated heterocycles. The summed E-state index contributed by atoms with van der Waals surface area (Å²) in [5, 5.41) is 8.10. The molecule has 0 aliphatic heterocycles. The fourth-order valence-corrected chi connectivity index (χ4v) is 2.40. The highest BCUT2D eigenvalue weighted by Crippen LogP contribution is 2.22. The second-order valence-corrected chi connectivity index (χ2v) is 5.36. The van der Waals surface area contributed by atoms with Crippen LogP contribution in [0.5, 0.6) is 5.75 Å². The maximum absolute atomic E-state index is 6.03. The van der Waals surface area contributed by atoms with Gasteiger partial charge in [-0.05, 0) is 29.8 Å². The van der Waals surface area contributed by atoms with E-state index < -0.39 is 0 Å². The van der Waals surface area contributed by atoms with E-state index in [0.29, 0.717) is 18.1 Å². The van der Waals surface area contributed by atoms with Gasteiger partial charge >= 0.3 is 0 Å². The summed E-state index contributed by atoms with van der Waals surface area (Å²) in [5.74, 6) is 1.56. The summed E-state index contributed by atoms with van der Waals surface area (Å²) in [7, 11) is 1.65. The Bertz CT molecular complexity index is 759. The number of hydrogen-bond acceptors (Lipinski definition) is 5. The van der Waals surface area contributed by atoms with Crippen LogP contribution in [0.3, 0.4) is 0 Å². The first-order valence-corrected chi connectivity index (χ1v) is 7.47. The van der Waals surface area contributed by atoms with Crippen LogP contribution in [-0.4, -0.2) is 26.9 Å². The Balaban J connectivity index is 1.60. The molecule has 1 aromatic carbocycles. The number of aromatic nitrogens is 4. The molecule has 0 amide bonds. The molecule has 6 nitrogen and oxygen atoms in total. The van der Waals surface area contributed by atoms with Crippen molar-refractivity contribution in [3.05, 3.63) is 65.3 Å². The Morgan fingerprint density at radius 3 is 2.83 bits per heavy atom. The average Bonchev–Trinajstić information content (AvgIpc) is 3.10. The number of methoxy groups -OCH3 is 1. The lowest BCUT2D eigenvalue weighted by Gasteiger charge is -2.10. The van der Waals surface area contributed by atoms with E-state index in [1.165, 1.54) is 6.33 Å². The van der Waals surface area contributed by atoms with Gasteiger partial charge in [0.25, 0.3) is 0 Å². The number of ether oxygens (including phenoxy) is 1. The Labute approximate surface area is 139 Å². The van der Waals surface area contributed by atoms with Crippen LogP contribution in [0, 0.1) is 0 Å². The SMILES string of the molecule is COc1ccc(Cl)cc1CNCc1ccc(-n2cncn2)nc1. The van der Waals surface area contributed by atoms with Gasteiger partial charge in [0.15, 0.2) is 5.82 Å². The first-order chi connectivity index (χ1) is 11.3. The van der Waals surface area contributed by atoms with Gasteiger partial charge in [-0.25, -0.2) is 14.6 Å². The third-order valence-corrected chi connectivity index (χ3v) is 3.58. The fraction of sp³-hybridized carbons (Fsp3) is 0.188. The summed E-state index contributed by atoms with van der Waals surface area (Å²) in [5.41, 5.74) is 2.10. The molecule has 0 bridgehead atoms. The standard InChI is InChI=1S/C16H16ClN5O/c1-23-15-4-3-14(17)6-13(15)9-18-7-12-2-5-16(20-8-12)22-11-19-10-21-22/h2-6,8,10-11,18H,7,9H2,1H3. The number of hydrogen-bond donors (Lipinski definition) is 1. The first-order valence-electron chi connectivity index (χ1n) is 7.09. The monoisotopic (exact) mass is 329 g/mol. The summed E-state index contributed by atoms with van der Waals surface area (Å²) in [4.78, 5) is 8.27. The second-order valence-electron chi connectivity index (χ2n) is 4.92. The van der Waals surface area contributed by atoms with E-state index >= 15 is 0 Å². The Hall–Kier alpha value is -2.44. The van der Waals surface area contributed by atoms with Gasteiger partial charge in [-0.1, -0.05) is 17.7 Å². The topological polar surface area (TPSA) is 64.9 Å². The minimum absolute atomic E-state index is 0.661. The van der Waals surface area contributed by atoms with Gasteiger partial charge in [0.05, 0.1) is 7.11 Å². The van der Waals surface area contributed by atoms with Crippen molar-refractivity contribution in [2.24, 2.45) is 0 Å². The number of nitrogens with zero attached hydrogens (tertiary/aromatic N) is 4. The maximum atomic E-state index is 6.03. The molecule has 3 rings (SSSR count). The molecule has 2 heterocycles. The minimum atomic E-state index is 0.661. The van der Waals surface area contributed by atoms with Crippen LogP contribution in [-0.2, 0) is 13.1 Å². The van der Waals surface area contributed by atoms with Crippen LogP contribution >= 0.6 is 11.6 Å². The van der Waals surface area contributed by atoms with Crippen molar-refractivity contribution >= 4 is 11.6 Å². The summed E-state index contributed by atoms with van der Waals surface area (Å²) in [6.45, 7) is 1.36. The molecule has 1 N–H and O–H groups in total. The van der Waals surface area contributed by atoms with Crippen LogP contribution in [0.25, 0.3) is 5.82 Å². The highest BCUT2D eigenvalue weighted by Gasteiger charge is 2.04. The van der Waals surface area contributed by atoms with E-state index in [-0.39, 0.29) is 0 Å². The molecule has 0 spiro atoms. The number of nitrogens with one attached hydrogen (secondary N) is 1. The molecule has 0 radical (unpaired) electrons. The summed E-state index contributed by atoms with van der Waals surface area (Å²) >= 11 is 6.03. The molecule has 0 aliphatic rings. The zero-order chi connectivity index (χ0) is 16.1. The van der Waals surface area contributed by atoms with Gasteiger partial charge < -0.3 is 10.1 Å². The largest absolute Gasteiger partial charge is 0.496 e. The average molecular weight is 330 g/mol. The van der Waals surface area contributed by atoms with E-state index in [2.05, 4.69) is 20.4 Å². The lowest BCUT2D eigenvalue weighted by molar-refractivity contribution is 0.407. The third kappa shape index (κ3) is 3.85. The molecule has 23 heavy (non-hydrogen) atoms. The van der Waals surface area contributed by atoms with Crippen molar-refractivity contribution in [2.75, 3.05) is 7.11 Å². The van der Waals surface area contributed by atoms with Crippen LogP contribution in [0.15, 0.2) is 49.2 Å². The number of pyridine rings is 1. The predicted octanol–water partition coefficient (Wildman–Crippen LogP) is 2.61. The molecular formula is C16H16ClN5O. The first kappa shape index (κ1) is 15.5. The van der Waals surface area contributed by atoms with Gasteiger partial charge in [0.2, 0.25) is 0 Å². The molecule has 0 fully saturated rings. The van der Waals surface area contributed by atoms with Gasteiger partial charge in [-0.3, -0.25) is 0 Å². The van der Waals surface area contributed by atoms with E-state index in [9.17, 15) is 0 Å². The molecule has 2 aromatic heterocycles. The molecule has 0 aliphatic carbocycles. The zero-order valence-corrected chi connectivity index (χ0v) is 13.4. The van der Waals surface area contributed by atoms with E-state index in [1.54, 1.807) is 18.1 Å². The van der Waals surface area contributed by atoms with Gasteiger partial charge in [0, 0.05) is 29.9 Å². The quantitative estimate of drug-likeness (QED) is 0.753. The van der Waals surface area contributed by atoms with Crippen LogP contribution in [0.1, 0.15) is 11.1 Å². The summed E-state index contributed by atoms with van der Waals surface area (Å²) in [6, 6.07) is 9.50. The van der Waals surface area contributed by atoms with E-state index in [4.69, 9.17) is 16.3 Å². The molecule has 3 aromatic rings. The predicted molar refractivity (Wildman–Crippen MR) is 87.7 cm³/mol. The Morgan fingerprint density at radius 1 is 1.22 bits per heavy atom. The molecule has 7 heteroatoms. The van der Waals surface area contributed by atoms with Crippen LogP contribution < -0.4 is 10.1 Å². The van der Waals surface area contributed by atoms with Gasteiger partial charge in [-0.2, -0.15) is 5.10 Å². The van der Waals surface area contributed by atoms with Crippen LogP contribution in [0.4, 0.5) is 0 Å².